The summed E-state index contributed by atoms with van der Waals surface area (Å²) >= 11 is 0. The number of aryl methyl sites for hydroxylation is 1. The molecule has 0 saturated carbocycles. The standard InChI is InChI=1S/C20H20N4O2/c1-15-7-9-16(10-8-15)18-21-22-19(26-18)20(25)24-13-11-23(12-14-24)17-5-3-2-4-6-17/h2-10H,11-14H2,1H3. The molecule has 0 spiro atoms. The fourth-order valence-electron chi connectivity index (χ4n) is 3.06. The number of amides is 1. The van der Waals surface area contributed by atoms with Gasteiger partial charge in [-0.15, -0.1) is 10.2 Å². The summed E-state index contributed by atoms with van der Waals surface area (Å²) in [7, 11) is 0. The molecule has 1 aliphatic heterocycles. The van der Waals surface area contributed by atoms with Gasteiger partial charge in [0.15, 0.2) is 0 Å². The van der Waals surface area contributed by atoms with Gasteiger partial charge in [0.2, 0.25) is 5.89 Å². The van der Waals surface area contributed by atoms with Crippen LogP contribution in [0.15, 0.2) is 59.0 Å². The average molecular weight is 348 g/mol. The molecule has 6 heteroatoms. The molecule has 4 rings (SSSR count). The molecule has 2 aromatic carbocycles. The molecule has 1 saturated heterocycles. The highest BCUT2D eigenvalue weighted by molar-refractivity contribution is 5.90. The number of rotatable bonds is 3. The Kier molecular flexibility index (Phi) is 4.39. The number of para-hydroxylation sites is 1. The fourth-order valence-corrected chi connectivity index (χ4v) is 3.06. The summed E-state index contributed by atoms with van der Waals surface area (Å²) in [5.41, 5.74) is 3.15. The first-order valence-electron chi connectivity index (χ1n) is 8.70. The Labute approximate surface area is 152 Å². The lowest BCUT2D eigenvalue weighted by molar-refractivity contribution is 0.0707. The molecule has 3 aromatic rings. The van der Waals surface area contributed by atoms with E-state index in [0.29, 0.717) is 19.0 Å². The van der Waals surface area contributed by atoms with Crippen molar-refractivity contribution in [3.05, 3.63) is 66.1 Å². The first-order chi connectivity index (χ1) is 12.7. The van der Waals surface area contributed by atoms with Crippen LogP contribution in [0.3, 0.4) is 0 Å². The van der Waals surface area contributed by atoms with E-state index in [1.54, 1.807) is 4.90 Å². The van der Waals surface area contributed by atoms with Gasteiger partial charge in [0, 0.05) is 37.4 Å². The molecule has 26 heavy (non-hydrogen) atoms. The van der Waals surface area contributed by atoms with Crippen LogP contribution in [0.4, 0.5) is 5.69 Å². The Morgan fingerprint density at radius 1 is 0.923 bits per heavy atom. The number of nitrogens with zero attached hydrogens (tertiary/aromatic N) is 4. The molecule has 1 aromatic heterocycles. The first kappa shape index (κ1) is 16.3. The van der Waals surface area contributed by atoms with Gasteiger partial charge in [0.1, 0.15) is 0 Å². The van der Waals surface area contributed by atoms with E-state index in [1.165, 1.54) is 5.69 Å². The molecule has 6 nitrogen and oxygen atoms in total. The number of aromatic nitrogens is 2. The van der Waals surface area contributed by atoms with Crippen molar-refractivity contribution in [1.82, 2.24) is 15.1 Å². The van der Waals surface area contributed by atoms with E-state index >= 15 is 0 Å². The number of carbonyl (C=O) groups is 1. The van der Waals surface area contributed by atoms with Crippen LogP contribution in [0.1, 0.15) is 16.2 Å². The molecular weight excluding hydrogens is 328 g/mol. The lowest BCUT2D eigenvalue weighted by Gasteiger charge is -2.35. The quantitative estimate of drug-likeness (QED) is 0.728. The van der Waals surface area contributed by atoms with E-state index in [-0.39, 0.29) is 11.8 Å². The van der Waals surface area contributed by atoms with Crippen molar-refractivity contribution in [3.63, 3.8) is 0 Å². The molecule has 1 aliphatic rings. The Morgan fingerprint density at radius 3 is 2.31 bits per heavy atom. The predicted octanol–water partition coefficient (Wildman–Crippen LogP) is 3.01. The number of piperazine rings is 1. The maximum atomic E-state index is 12.7. The molecule has 2 heterocycles. The summed E-state index contributed by atoms with van der Waals surface area (Å²) in [5.74, 6) is 0.216. The van der Waals surface area contributed by atoms with Crippen LogP contribution < -0.4 is 4.90 Å². The smallest absolute Gasteiger partial charge is 0.311 e. The van der Waals surface area contributed by atoms with Gasteiger partial charge < -0.3 is 14.2 Å². The van der Waals surface area contributed by atoms with Gasteiger partial charge >= 0.3 is 11.8 Å². The number of hydrogen-bond acceptors (Lipinski definition) is 5. The molecule has 0 unspecified atom stereocenters. The molecular formula is C20H20N4O2. The number of carbonyl (C=O) groups excluding carboxylic acids is 1. The van der Waals surface area contributed by atoms with Crippen LogP contribution in [-0.2, 0) is 0 Å². The summed E-state index contributed by atoms with van der Waals surface area (Å²) in [6, 6.07) is 18.0. The second kappa shape index (κ2) is 7.00. The highest BCUT2D eigenvalue weighted by Gasteiger charge is 2.26. The monoisotopic (exact) mass is 348 g/mol. The molecule has 132 valence electrons. The molecule has 0 radical (unpaired) electrons. The lowest BCUT2D eigenvalue weighted by atomic mass is 10.1. The van der Waals surface area contributed by atoms with Gasteiger partial charge in [-0.2, -0.15) is 0 Å². The third-order valence-electron chi connectivity index (χ3n) is 4.59. The van der Waals surface area contributed by atoms with Gasteiger partial charge in [0.05, 0.1) is 0 Å². The van der Waals surface area contributed by atoms with Crippen molar-refractivity contribution < 1.29 is 9.21 Å². The van der Waals surface area contributed by atoms with Gasteiger partial charge in [-0.3, -0.25) is 4.79 Å². The van der Waals surface area contributed by atoms with Crippen LogP contribution in [0.25, 0.3) is 11.5 Å². The Balaban J connectivity index is 1.42. The zero-order chi connectivity index (χ0) is 17.9. The van der Waals surface area contributed by atoms with Crippen molar-refractivity contribution in [1.29, 1.82) is 0 Å². The lowest BCUT2D eigenvalue weighted by Crippen LogP contribution is -2.48. The number of benzene rings is 2. The van der Waals surface area contributed by atoms with Crippen LogP contribution in [0.5, 0.6) is 0 Å². The number of anilines is 1. The fraction of sp³-hybridized carbons (Fsp3) is 0.250. The predicted molar refractivity (Wildman–Crippen MR) is 99.0 cm³/mol. The van der Waals surface area contributed by atoms with E-state index in [0.717, 1.165) is 24.2 Å². The third-order valence-corrected chi connectivity index (χ3v) is 4.59. The summed E-state index contributed by atoms with van der Waals surface area (Å²) < 4.78 is 5.61. The Hall–Kier alpha value is -3.15. The summed E-state index contributed by atoms with van der Waals surface area (Å²) in [4.78, 5) is 16.7. The van der Waals surface area contributed by atoms with E-state index in [9.17, 15) is 4.79 Å². The largest absolute Gasteiger partial charge is 0.412 e. The van der Waals surface area contributed by atoms with Crippen LogP contribution in [0, 0.1) is 6.92 Å². The second-order valence-corrected chi connectivity index (χ2v) is 6.39. The summed E-state index contributed by atoms with van der Waals surface area (Å²) in [6.45, 7) is 4.86. The van der Waals surface area contributed by atoms with Gasteiger partial charge in [0.25, 0.3) is 0 Å². The zero-order valence-electron chi connectivity index (χ0n) is 14.6. The highest BCUT2D eigenvalue weighted by atomic mass is 16.4. The second-order valence-electron chi connectivity index (χ2n) is 6.39. The molecule has 0 N–H and O–H groups in total. The molecule has 0 atom stereocenters. The summed E-state index contributed by atoms with van der Waals surface area (Å²) in [6.07, 6.45) is 0. The molecule has 0 aliphatic carbocycles. The first-order valence-corrected chi connectivity index (χ1v) is 8.70. The van der Waals surface area contributed by atoms with Crippen molar-refractivity contribution in [3.8, 4) is 11.5 Å². The normalized spacial score (nSPS) is 14.5. The minimum Gasteiger partial charge on any atom is -0.412 e. The van der Waals surface area contributed by atoms with E-state index < -0.39 is 0 Å². The molecule has 1 amide bonds. The zero-order valence-corrected chi connectivity index (χ0v) is 14.6. The Morgan fingerprint density at radius 2 is 1.62 bits per heavy atom. The maximum Gasteiger partial charge on any atom is 0.311 e. The van der Waals surface area contributed by atoms with Gasteiger partial charge in [-0.25, -0.2) is 0 Å². The van der Waals surface area contributed by atoms with E-state index in [1.807, 2.05) is 49.4 Å². The van der Waals surface area contributed by atoms with Crippen molar-refractivity contribution >= 4 is 11.6 Å². The third kappa shape index (κ3) is 3.31. The van der Waals surface area contributed by atoms with E-state index in [2.05, 4.69) is 27.2 Å². The highest BCUT2D eigenvalue weighted by Crippen LogP contribution is 2.20. The summed E-state index contributed by atoms with van der Waals surface area (Å²) in [5, 5.41) is 7.97. The van der Waals surface area contributed by atoms with Gasteiger partial charge in [-0.1, -0.05) is 35.9 Å². The van der Waals surface area contributed by atoms with Crippen LogP contribution in [0.2, 0.25) is 0 Å². The van der Waals surface area contributed by atoms with Crippen LogP contribution >= 0.6 is 0 Å². The van der Waals surface area contributed by atoms with Gasteiger partial charge in [-0.05, 0) is 31.2 Å². The van der Waals surface area contributed by atoms with Crippen molar-refractivity contribution in [2.45, 2.75) is 6.92 Å². The minimum absolute atomic E-state index is 0.0498. The topological polar surface area (TPSA) is 62.5 Å². The maximum absolute atomic E-state index is 12.7. The molecule has 1 fully saturated rings. The Bertz CT molecular complexity index is 882. The average Bonchev–Trinajstić information content (AvgIpc) is 3.19. The molecule has 0 bridgehead atoms. The van der Waals surface area contributed by atoms with Crippen molar-refractivity contribution in [2.75, 3.05) is 31.1 Å². The minimum atomic E-state index is -0.205. The van der Waals surface area contributed by atoms with E-state index in [4.69, 9.17) is 4.42 Å². The van der Waals surface area contributed by atoms with Crippen LogP contribution in [-0.4, -0.2) is 47.2 Å². The SMILES string of the molecule is Cc1ccc(-c2nnc(C(=O)N3CCN(c4ccccc4)CC3)o2)cc1. The number of hydrogen-bond donors (Lipinski definition) is 0. The van der Waals surface area contributed by atoms with Crippen molar-refractivity contribution in [2.24, 2.45) is 0 Å².